The van der Waals surface area contributed by atoms with E-state index in [0.29, 0.717) is 22.6 Å². The smallest absolute Gasteiger partial charge is 0.311 e. The summed E-state index contributed by atoms with van der Waals surface area (Å²) in [5, 5.41) is 21.7. The van der Waals surface area contributed by atoms with Crippen molar-refractivity contribution in [3.05, 3.63) is 57.6 Å². The zero-order valence-corrected chi connectivity index (χ0v) is 13.0. The molecule has 0 saturated carbocycles. The van der Waals surface area contributed by atoms with Crippen LogP contribution in [0.3, 0.4) is 0 Å². The number of nitro groups is 1. The number of nitrogens with zero attached hydrogens (tertiary/aromatic N) is 1. The van der Waals surface area contributed by atoms with Crippen LogP contribution in [0, 0.1) is 10.1 Å². The molecule has 1 N–H and O–H groups in total. The number of hydrogen-bond acceptors (Lipinski definition) is 6. The summed E-state index contributed by atoms with van der Waals surface area (Å²) < 4.78 is 15.3. The van der Waals surface area contributed by atoms with E-state index in [1.165, 1.54) is 33.5 Å². The van der Waals surface area contributed by atoms with Crippen molar-refractivity contribution in [2.75, 3.05) is 21.3 Å². The summed E-state index contributed by atoms with van der Waals surface area (Å²) in [6.07, 6.45) is -1.08. The van der Waals surface area contributed by atoms with Crippen molar-refractivity contribution in [2.45, 2.75) is 6.10 Å². The van der Waals surface area contributed by atoms with Crippen LogP contribution in [0.5, 0.6) is 17.2 Å². The standard InChI is InChI=1S/C16H17NO6/c1-21-11-5-6-12(15(9-11)23-3)16(18)10-4-7-14(22-2)13(8-10)17(19)20/h4-9,16,18H,1-3H3/t16-/m0/s1. The molecule has 0 aliphatic rings. The van der Waals surface area contributed by atoms with Crippen LogP contribution in [0.25, 0.3) is 0 Å². The van der Waals surface area contributed by atoms with Crippen LogP contribution in [-0.4, -0.2) is 31.4 Å². The first-order chi connectivity index (χ1) is 11.0. The van der Waals surface area contributed by atoms with Gasteiger partial charge in [-0.05, 0) is 23.8 Å². The normalized spacial score (nSPS) is 11.7. The van der Waals surface area contributed by atoms with Gasteiger partial charge in [0.15, 0.2) is 5.75 Å². The van der Waals surface area contributed by atoms with Crippen LogP contribution in [0.4, 0.5) is 5.69 Å². The lowest BCUT2D eigenvalue weighted by Crippen LogP contribution is -2.04. The third-order valence-corrected chi connectivity index (χ3v) is 3.45. The predicted molar refractivity (Wildman–Crippen MR) is 83.3 cm³/mol. The van der Waals surface area contributed by atoms with Gasteiger partial charge in [-0.15, -0.1) is 0 Å². The van der Waals surface area contributed by atoms with Gasteiger partial charge in [0.2, 0.25) is 0 Å². The minimum Gasteiger partial charge on any atom is -0.497 e. The van der Waals surface area contributed by atoms with E-state index in [1.807, 2.05) is 0 Å². The Morgan fingerprint density at radius 3 is 2.26 bits per heavy atom. The van der Waals surface area contributed by atoms with Gasteiger partial charge in [-0.2, -0.15) is 0 Å². The molecule has 0 aromatic heterocycles. The highest BCUT2D eigenvalue weighted by Gasteiger charge is 2.21. The van der Waals surface area contributed by atoms with Crippen molar-refractivity contribution in [2.24, 2.45) is 0 Å². The highest BCUT2D eigenvalue weighted by atomic mass is 16.6. The Bertz CT molecular complexity index is 716. The van der Waals surface area contributed by atoms with Crippen molar-refractivity contribution in [1.82, 2.24) is 0 Å². The number of nitro benzene ring substituents is 1. The van der Waals surface area contributed by atoms with E-state index in [9.17, 15) is 15.2 Å². The molecule has 2 aromatic carbocycles. The van der Waals surface area contributed by atoms with E-state index in [-0.39, 0.29) is 11.4 Å². The lowest BCUT2D eigenvalue weighted by Gasteiger charge is -2.16. The quantitative estimate of drug-likeness (QED) is 0.650. The summed E-state index contributed by atoms with van der Waals surface area (Å²) in [6.45, 7) is 0. The molecular formula is C16H17NO6. The second-order valence-electron chi connectivity index (χ2n) is 4.70. The van der Waals surface area contributed by atoms with E-state index in [1.54, 1.807) is 24.3 Å². The minimum atomic E-state index is -1.08. The summed E-state index contributed by atoms with van der Waals surface area (Å²) in [5.41, 5.74) is 0.630. The van der Waals surface area contributed by atoms with Crippen LogP contribution < -0.4 is 14.2 Å². The molecule has 0 radical (unpaired) electrons. The molecule has 2 rings (SSSR count). The maximum atomic E-state index is 11.1. The van der Waals surface area contributed by atoms with Gasteiger partial charge in [-0.25, -0.2) is 0 Å². The third kappa shape index (κ3) is 3.35. The Balaban J connectivity index is 2.46. The summed E-state index contributed by atoms with van der Waals surface area (Å²) in [4.78, 5) is 10.5. The number of benzene rings is 2. The van der Waals surface area contributed by atoms with Gasteiger partial charge in [0, 0.05) is 17.7 Å². The van der Waals surface area contributed by atoms with E-state index in [0.717, 1.165) is 0 Å². The number of ether oxygens (including phenoxy) is 3. The monoisotopic (exact) mass is 319 g/mol. The highest BCUT2D eigenvalue weighted by Crippen LogP contribution is 2.36. The SMILES string of the molecule is COc1ccc([C@@H](O)c2ccc(OC)c([N+](=O)[O-])c2)c(OC)c1. The van der Waals surface area contributed by atoms with Gasteiger partial charge in [-0.3, -0.25) is 10.1 Å². The number of methoxy groups -OCH3 is 3. The van der Waals surface area contributed by atoms with Crippen molar-refractivity contribution < 1.29 is 24.2 Å². The second kappa shape index (κ2) is 6.97. The molecule has 0 saturated heterocycles. The molecule has 0 unspecified atom stereocenters. The fourth-order valence-corrected chi connectivity index (χ4v) is 2.24. The zero-order chi connectivity index (χ0) is 17.0. The lowest BCUT2D eigenvalue weighted by molar-refractivity contribution is -0.385. The molecule has 0 bridgehead atoms. The van der Waals surface area contributed by atoms with Crippen LogP contribution in [0.15, 0.2) is 36.4 Å². The first-order valence-corrected chi connectivity index (χ1v) is 6.74. The van der Waals surface area contributed by atoms with Crippen LogP contribution in [-0.2, 0) is 0 Å². The Labute approximate surface area is 133 Å². The molecule has 7 nitrogen and oxygen atoms in total. The summed E-state index contributed by atoms with van der Waals surface area (Å²) in [5.74, 6) is 1.14. The minimum absolute atomic E-state index is 0.132. The summed E-state index contributed by atoms with van der Waals surface area (Å²) >= 11 is 0. The molecule has 2 aromatic rings. The molecule has 0 heterocycles. The van der Waals surface area contributed by atoms with Crippen molar-refractivity contribution in [3.8, 4) is 17.2 Å². The van der Waals surface area contributed by atoms with Gasteiger partial charge in [0.05, 0.1) is 26.3 Å². The first kappa shape index (κ1) is 16.6. The van der Waals surface area contributed by atoms with Crippen molar-refractivity contribution in [1.29, 1.82) is 0 Å². The van der Waals surface area contributed by atoms with Gasteiger partial charge < -0.3 is 19.3 Å². The average Bonchev–Trinajstić information content (AvgIpc) is 2.59. The van der Waals surface area contributed by atoms with Gasteiger partial charge >= 0.3 is 5.69 Å². The molecule has 0 fully saturated rings. The van der Waals surface area contributed by atoms with Gasteiger partial charge in [0.1, 0.15) is 17.6 Å². The molecule has 0 spiro atoms. The number of hydrogen-bond donors (Lipinski definition) is 1. The fourth-order valence-electron chi connectivity index (χ4n) is 2.24. The molecule has 23 heavy (non-hydrogen) atoms. The van der Waals surface area contributed by atoms with E-state index < -0.39 is 11.0 Å². The van der Waals surface area contributed by atoms with E-state index >= 15 is 0 Å². The van der Waals surface area contributed by atoms with Crippen molar-refractivity contribution in [3.63, 3.8) is 0 Å². The van der Waals surface area contributed by atoms with Crippen LogP contribution in [0.2, 0.25) is 0 Å². The maximum Gasteiger partial charge on any atom is 0.311 e. The summed E-state index contributed by atoms with van der Waals surface area (Å²) in [6, 6.07) is 9.27. The Hall–Kier alpha value is -2.80. The van der Waals surface area contributed by atoms with Crippen LogP contribution >= 0.6 is 0 Å². The van der Waals surface area contributed by atoms with Crippen LogP contribution in [0.1, 0.15) is 17.2 Å². The molecule has 0 aliphatic carbocycles. The molecule has 0 amide bonds. The second-order valence-corrected chi connectivity index (χ2v) is 4.70. The maximum absolute atomic E-state index is 11.1. The third-order valence-electron chi connectivity index (χ3n) is 3.45. The fraction of sp³-hybridized carbons (Fsp3) is 0.250. The predicted octanol–water partition coefficient (Wildman–Crippen LogP) is 2.70. The Morgan fingerprint density at radius 2 is 1.70 bits per heavy atom. The molecule has 1 atom stereocenters. The summed E-state index contributed by atoms with van der Waals surface area (Å²) in [7, 11) is 4.35. The van der Waals surface area contributed by atoms with E-state index in [2.05, 4.69) is 0 Å². The van der Waals surface area contributed by atoms with Crippen molar-refractivity contribution >= 4 is 5.69 Å². The van der Waals surface area contributed by atoms with Gasteiger partial charge in [-0.1, -0.05) is 6.07 Å². The highest BCUT2D eigenvalue weighted by molar-refractivity contribution is 5.52. The number of rotatable bonds is 6. The number of aliphatic hydroxyl groups excluding tert-OH is 1. The molecule has 122 valence electrons. The molecule has 7 heteroatoms. The average molecular weight is 319 g/mol. The lowest BCUT2D eigenvalue weighted by atomic mass is 9.99. The van der Waals surface area contributed by atoms with E-state index in [4.69, 9.17) is 14.2 Å². The number of aliphatic hydroxyl groups is 1. The molecule has 0 aliphatic heterocycles. The molecular weight excluding hydrogens is 302 g/mol. The Morgan fingerprint density at radius 1 is 1.00 bits per heavy atom. The Kier molecular flexibility index (Phi) is 5.02. The largest absolute Gasteiger partial charge is 0.497 e. The van der Waals surface area contributed by atoms with Gasteiger partial charge in [0.25, 0.3) is 0 Å². The topological polar surface area (TPSA) is 91.1 Å². The first-order valence-electron chi connectivity index (χ1n) is 6.74. The zero-order valence-electron chi connectivity index (χ0n) is 13.0.